The maximum atomic E-state index is 5.36. The Morgan fingerprint density at radius 1 is 1.20 bits per heavy atom. The highest BCUT2D eigenvalue weighted by atomic mass is 16.5. The first-order valence-corrected chi connectivity index (χ1v) is 6.29. The van der Waals surface area contributed by atoms with E-state index in [0.717, 1.165) is 22.3 Å². The lowest BCUT2D eigenvalue weighted by molar-refractivity contribution is 0.379. The van der Waals surface area contributed by atoms with E-state index < -0.39 is 0 Å². The number of nitrogens with zero attached hydrogens (tertiary/aromatic N) is 3. The summed E-state index contributed by atoms with van der Waals surface area (Å²) in [5, 5.41) is 8.92. The smallest absolute Gasteiger partial charge is 0.228 e. The van der Waals surface area contributed by atoms with Crippen LogP contribution in [0.15, 0.2) is 41.3 Å². The molecule has 0 atom stereocenters. The molecule has 1 aromatic carbocycles. The molecular weight excluding hydrogens is 256 g/mol. The average molecular weight is 270 g/mol. The van der Waals surface area contributed by atoms with Crippen LogP contribution < -0.4 is 10.1 Å². The number of nitrogens with one attached hydrogen (secondary N) is 1. The molecule has 0 aliphatic heterocycles. The molecule has 0 saturated carbocycles. The fourth-order valence-corrected chi connectivity index (χ4v) is 2.09. The number of ether oxygens (including phenoxy) is 1. The number of hydrogen-bond acceptors (Lipinski definition) is 6. The van der Waals surface area contributed by atoms with Crippen LogP contribution in [0.4, 0.5) is 5.82 Å². The van der Waals surface area contributed by atoms with Gasteiger partial charge in [-0.05, 0) is 12.1 Å². The summed E-state index contributed by atoms with van der Waals surface area (Å²) in [6, 6.07) is 7.84. The molecule has 0 amide bonds. The highest BCUT2D eigenvalue weighted by Crippen LogP contribution is 2.28. The molecule has 0 spiro atoms. The number of fused-ring (bicyclic) bond motifs is 1. The largest absolute Gasteiger partial charge is 0.496 e. The van der Waals surface area contributed by atoms with E-state index in [9.17, 15) is 0 Å². The summed E-state index contributed by atoms with van der Waals surface area (Å²) in [4.78, 5) is 8.35. The van der Waals surface area contributed by atoms with Gasteiger partial charge in [-0.1, -0.05) is 17.3 Å². The quantitative estimate of drug-likeness (QED) is 0.766. The zero-order chi connectivity index (χ0) is 13.8. The van der Waals surface area contributed by atoms with Crippen molar-refractivity contribution in [3.63, 3.8) is 0 Å². The van der Waals surface area contributed by atoms with Crippen molar-refractivity contribution in [3.8, 4) is 5.75 Å². The van der Waals surface area contributed by atoms with Gasteiger partial charge in [0.25, 0.3) is 0 Å². The molecule has 3 aromatic rings. The third kappa shape index (κ3) is 2.40. The van der Waals surface area contributed by atoms with E-state index >= 15 is 0 Å². The molecule has 1 N–H and O–H groups in total. The lowest BCUT2D eigenvalue weighted by Gasteiger charge is -2.10. The number of aromatic nitrogens is 3. The van der Waals surface area contributed by atoms with Gasteiger partial charge in [-0.3, -0.25) is 0 Å². The lowest BCUT2D eigenvalue weighted by Crippen LogP contribution is -2.07. The minimum atomic E-state index is 0.607. The van der Waals surface area contributed by atoms with Crippen molar-refractivity contribution in [3.05, 3.63) is 42.7 Å². The third-order valence-corrected chi connectivity index (χ3v) is 3.02. The monoisotopic (exact) mass is 270 g/mol. The first-order valence-electron chi connectivity index (χ1n) is 6.29. The van der Waals surface area contributed by atoms with Crippen molar-refractivity contribution in [1.82, 2.24) is 15.1 Å². The standard InChI is InChI=1S/C14H14N4O2/c1-19-12-4-2-3-11-10(12)5-7-15-14(11)16-8-6-13-17-9-18-20-13/h2-5,7,9H,6,8H2,1H3,(H,15,16). The zero-order valence-electron chi connectivity index (χ0n) is 11.0. The van der Waals surface area contributed by atoms with Gasteiger partial charge < -0.3 is 14.6 Å². The normalized spacial score (nSPS) is 10.7. The van der Waals surface area contributed by atoms with Crippen LogP contribution in [-0.2, 0) is 6.42 Å². The van der Waals surface area contributed by atoms with E-state index in [2.05, 4.69) is 20.4 Å². The topological polar surface area (TPSA) is 73.1 Å². The van der Waals surface area contributed by atoms with Crippen molar-refractivity contribution in [1.29, 1.82) is 0 Å². The van der Waals surface area contributed by atoms with E-state index in [4.69, 9.17) is 9.26 Å². The molecular formula is C14H14N4O2. The zero-order valence-corrected chi connectivity index (χ0v) is 11.0. The van der Waals surface area contributed by atoms with E-state index in [-0.39, 0.29) is 0 Å². The Morgan fingerprint density at radius 3 is 2.95 bits per heavy atom. The van der Waals surface area contributed by atoms with Crippen LogP contribution in [0.3, 0.4) is 0 Å². The van der Waals surface area contributed by atoms with Crippen molar-refractivity contribution in [2.45, 2.75) is 6.42 Å². The van der Waals surface area contributed by atoms with Gasteiger partial charge in [0.1, 0.15) is 11.6 Å². The molecule has 0 radical (unpaired) electrons. The van der Waals surface area contributed by atoms with Crippen LogP contribution >= 0.6 is 0 Å². The van der Waals surface area contributed by atoms with Gasteiger partial charge in [0.2, 0.25) is 5.89 Å². The predicted octanol–water partition coefficient (Wildman–Crippen LogP) is 2.28. The Kier molecular flexibility index (Phi) is 3.45. The fourth-order valence-electron chi connectivity index (χ4n) is 2.09. The summed E-state index contributed by atoms with van der Waals surface area (Å²) in [5.41, 5.74) is 0. The van der Waals surface area contributed by atoms with E-state index in [1.165, 1.54) is 6.33 Å². The molecule has 0 fully saturated rings. The molecule has 0 unspecified atom stereocenters. The van der Waals surface area contributed by atoms with E-state index in [1.807, 2.05) is 24.3 Å². The van der Waals surface area contributed by atoms with Gasteiger partial charge in [-0.15, -0.1) is 0 Å². The molecule has 2 heterocycles. The van der Waals surface area contributed by atoms with Crippen LogP contribution in [-0.4, -0.2) is 28.8 Å². The molecule has 2 aromatic heterocycles. The molecule has 20 heavy (non-hydrogen) atoms. The van der Waals surface area contributed by atoms with Gasteiger partial charge in [0, 0.05) is 29.9 Å². The molecule has 6 heteroatoms. The number of rotatable bonds is 5. The second-order valence-electron chi connectivity index (χ2n) is 4.23. The van der Waals surface area contributed by atoms with E-state index in [0.29, 0.717) is 18.9 Å². The average Bonchev–Trinajstić information content (AvgIpc) is 3.00. The number of anilines is 1. The van der Waals surface area contributed by atoms with Crippen LogP contribution in [0.25, 0.3) is 10.8 Å². The summed E-state index contributed by atoms with van der Waals surface area (Å²) in [6.45, 7) is 0.672. The Bertz CT molecular complexity index is 697. The van der Waals surface area contributed by atoms with Gasteiger partial charge in [-0.2, -0.15) is 4.98 Å². The first-order chi connectivity index (χ1) is 9.88. The van der Waals surface area contributed by atoms with Crippen LogP contribution in [0.2, 0.25) is 0 Å². The third-order valence-electron chi connectivity index (χ3n) is 3.02. The Labute approximate surface area is 115 Å². The molecule has 0 bridgehead atoms. The summed E-state index contributed by atoms with van der Waals surface area (Å²) in [5.74, 6) is 2.26. The highest BCUT2D eigenvalue weighted by Gasteiger charge is 2.06. The van der Waals surface area contributed by atoms with Crippen LogP contribution in [0, 0.1) is 0 Å². The minimum Gasteiger partial charge on any atom is -0.496 e. The maximum absolute atomic E-state index is 5.36. The van der Waals surface area contributed by atoms with Crippen LogP contribution in [0.5, 0.6) is 5.75 Å². The maximum Gasteiger partial charge on any atom is 0.228 e. The summed E-state index contributed by atoms with van der Waals surface area (Å²) in [6.07, 6.45) is 3.82. The second-order valence-corrected chi connectivity index (χ2v) is 4.23. The summed E-state index contributed by atoms with van der Waals surface area (Å²) < 4.78 is 10.3. The molecule has 0 aliphatic carbocycles. The number of methoxy groups -OCH3 is 1. The first kappa shape index (κ1) is 12.4. The summed E-state index contributed by atoms with van der Waals surface area (Å²) in [7, 11) is 1.66. The van der Waals surface area contributed by atoms with Gasteiger partial charge in [0.15, 0.2) is 6.33 Å². The predicted molar refractivity (Wildman–Crippen MR) is 74.8 cm³/mol. The van der Waals surface area contributed by atoms with Gasteiger partial charge >= 0.3 is 0 Å². The molecule has 0 aliphatic rings. The van der Waals surface area contributed by atoms with Crippen molar-refractivity contribution < 1.29 is 9.26 Å². The highest BCUT2D eigenvalue weighted by molar-refractivity contribution is 5.95. The fraction of sp³-hybridized carbons (Fsp3) is 0.214. The lowest BCUT2D eigenvalue weighted by atomic mass is 10.1. The number of benzene rings is 1. The Balaban J connectivity index is 1.81. The van der Waals surface area contributed by atoms with Crippen LogP contribution in [0.1, 0.15) is 5.89 Å². The van der Waals surface area contributed by atoms with Gasteiger partial charge in [0.05, 0.1) is 7.11 Å². The van der Waals surface area contributed by atoms with Crippen molar-refractivity contribution in [2.24, 2.45) is 0 Å². The van der Waals surface area contributed by atoms with Crippen molar-refractivity contribution >= 4 is 16.6 Å². The Hall–Kier alpha value is -2.63. The summed E-state index contributed by atoms with van der Waals surface area (Å²) >= 11 is 0. The molecule has 6 nitrogen and oxygen atoms in total. The molecule has 3 rings (SSSR count). The molecule has 102 valence electrons. The van der Waals surface area contributed by atoms with Crippen molar-refractivity contribution in [2.75, 3.05) is 19.0 Å². The van der Waals surface area contributed by atoms with E-state index in [1.54, 1.807) is 13.3 Å². The number of hydrogen-bond donors (Lipinski definition) is 1. The SMILES string of the molecule is COc1cccc2c(NCCc3ncno3)nccc12. The Morgan fingerprint density at radius 2 is 2.15 bits per heavy atom. The second kappa shape index (κ2) is 5.56. The minimum absolute atomic E-state index is 0.607. The molecule has 0 saturated heterocycles. The number of pyridine rings is 1. The van der Waals surface area contributed by atoms with Gasteiger partial charge in [-0.25, -0.2) is 4.98 Å².